The summed E-state index contributed by atoms with van der Waals surface area (Å²) in [6.07, 6.45) is 13.6. The van der Waals surface area contributed by atoms with Crippen LogP contribution in [0.15, 0.2) is 40.4 Å². The lowest BCUT2D eigenvalue weighted by atomic mass is 10.2. The first-order valence-electron chi connectivity index (χ1n) is 3.18. The van der Waals surface area contributed by atoms with Crippen LogP contribution in [0.4, 0.5) is 0 Å². The average molecular weight is 147 g/mol. The van der Waals surface area contributed by atoms with Crippen molar-refractivity contribution >= 4 is 11.8 Å². The van der Waals surface area contributed by atoms with Crippen LogP contribution < -0.4 is 0 Å². The average Bonchev–Trinajstić information content (AvgIpc) is 2.44. The van der Waals surface area contributed by atoms with E-state index in [2.05, 4.69) is 30.6 Å². The number of rotatable bonds is 1. The second-order valence-corrected chi connectivity index (χ2v) is 3.06. The standard InChI is InChI=1S/C9H7S/c1-10-9-6-5-7-3-2-4-8(7)9/h2-3,5-6H,1H3. The molecule has 0 nitrogen and oxygen atoms in total. The molecule has 2 rings (SSSR count). The Bertz CT molecular complexity index is 277. The van der Waals surface area contributed by atoms with Crippen LogP contribution in [-0.4, -0.2) is 6.26 Å². The van der Waals surface area contributed by atoms with Crippen molar-refractivity contribution in [1.29, 1.82) is 0 Å². The van der Waals surface area contributed by atoms with Gasteiger partial charge in [-0.05, 0) is 24.0 Å². The zero-order chi connectivity index (χ0) is 6.97. The zero-order valence-electron chi connectivity index (χ0n) is 5.72. The third kappa shape index (κ3) is 0.706. The second kappa shape index (κ2) is 2.17. The molecule has 1 radical (unpaired) electrons. The Hall–Kier alpha value is -0.690. The zero-order valence-corrected chi connectivity index (χ0v) is 6.53. The van der Waals surface area contributed by atoms with E-state index in [1.807, 2.05) is 6.08 Å². The maximum Gasteiger partial charge on any atom is 0.0154 e. The van der Waals surface area contributed by atoms with Crippen LogP contribution in [0.3, 0.4) is 0 Å². The Kier molecular flexibility index (Phi) is 1.31. The van der Waals surface area contributed by atoms with Crippen LogP contribution in [0.25, 0.3) is 0 Å². The van der Waals surface area contributed by atoms with E-state index in [9.17, 15) is 0 Å². The summed E-state index contributed by atoms with van der Waals surface area (Å²) in [5.74, 6) is 0. The predicted molar refractivity (Wildman–Crippen MR) is 45.6 cm³/mol. The topological polar surface area (TPSA) is 0 Å². The fourth-order valence-corrected chi connectivity index (χ4v) is 1.74. The first-order chi connectivity index (χ1) is 4.92. The van der Waals surface area contributed by atoms with Crippen molar-refractivity contribution in [1.82, 2.24) is 0 Å². The van der Waals surface area contributed by atoms with Gasteiger partial charge in [0.2, 0.25) is 0 Å². The van der Waals surface area contributed by atoms with Gasteiger partial charge < -0.3 is 0 Å². The van der Waals surface area contributed by atoms with Gasteiger partial charge in [-0.15, -0.1) is 11.8 Å². The summed E-state index contributed by atoms with van der Waals surface area (Å²) in [5, 5.41) is 0. The molecule has 2 aliphatic carbocycles. The minimum Gasteiger partial charge on any atom is -0.129 e. The molecule has 0 N–H and O–H groups in total. The second-order valence-electron chi connectivity index (χ2n) is 2.21. The molecule has 0 aromatic carbocycles. The van der Waals surface area contributed by atoms with Gasteiger partial charge in [0, 0.05) is 10.5 Å². The number of hydrogen-bond donors (Lipinski definition) is 0. The van der Waals surface area contributed by atoms with Gasteiger partial charge in [0.25, 0.3) is 0 Å². The highest BCUT2D eigenvalue weighted by atomic mass is 32.2. The maximum atomic E-state index is 3.20. The van der Waals surface area contributed by atoms with Crippen LogP contribution in [-0.2, 0) is 0 Å². The van der Waals surface area contributed by atoms with Gasteiger partial charge in [0.1, 0.15) is 0 Å². The summed E-state index contributed by atoms with van der Waals surface area (Å²) in [6.45, 7) is 0. The fraction of sp³-hybridized carbons (Fsp3) is 0.111. The van der Waals surface area contributed by atoms with E-state index in [-0.39, 0.29) is 0 Å². The molecule has 10 heavy (non-hydrogen) atoms. The molecule has 0 saturated carbocycles. The molecule has 2 aliphatic rings. The van der Waals surface area contributed by atoms with Gasteiger partial charge in [-0.2, -0.15) is 0 Å². The smallest absolute Gasteiger partial charge is 0.0154 e. The van der Waals surface area contributed by atoms with E-state index < -0.39 is 0 Å². The van der Waals surface area contributed by atoms with Gasteiger partial charge >= 0.3 is 0 Å². The lowest BCUT2D eigenvalue weighted by molar-refractivity contribution is 1.64. The molecule has 0 bridgehead atoms. The van der Waals surface area contributed by atoms with E-state index in [1.54, 1.807) is 11.8 Å². The molecule has 0 atom stereocenters. The maximum absolute atomic E-state index is 3.20. The molecule has 0 aliphatic heterocycles. The van der Waals surface area contributed by atoms with Gasteiger partial charge in [-0.3, -0.25) is 0 Å². The molecule has 1 heteroatoms. The molecule has 49 valence electrons. The molecular formula is C9H7S. The number of allylic oxidation sites excluding steroid dienone is 7. The summed E-state index contributed by atoms with van der Waals surface area (Å²) in [4.78, 5) is 1.33. The summed E-state index contributed by atoms with van der Waals surface area (Å²) in [5.41, 5.74) is 2.58. The van der Waals surface area contributed by atoms with Crippen LogP contribution in [0.2, 0.25) is 0 Å². The predicted octanol–water partition coefficient (Wildman–Crippen LogP) is 2.47. The summed E-state index contributed by atoms with van der Waals surface area (Å²) in [7, 11) is 0. The Morgan fingerprint density at radius 2 is 2.30 bits per heavy atom. The van der Waals surface area contributed by atoms with Gasteiger partial charge in [-0.1, -0.05) is 18.2 Å². The Labute approximate surface area is 65.0 Å². The number of hydrogen-bond acceptors (Lipinski definition) is 1. The molecule has 0 unspecified atom stereocenters. The number of thioether (sulfide) groups is 1. The molecule has 0 fully saturated rings. The third-order valence-electron chi connectivity index (χ3n) is 1.66. The lowest BCUT2D eigenvalue weighted by Crippen LogP contribution is -1.74. The van der Waals surface area contributed by atoms with Gasteiger partial charge in [-0.25, -0.2) is 0 Å². The Morgan fingerprint density at radius 3 is 3.10 bits per heavy atom. The minimum atomic E-state index is 1.27. The minimum absolute atomic E-state index is 1.27. The van der Waals surface area contributed by atoms with E-state index in [4.69, 9.17) is 0 Å². The van der Waals surface area contributed by atoms with Crippen LogP contribution in [0, 0.1) is 6.08 Å². The SMILES string of the molecule is CSC1=C2[C]=CC=C2C=C1. The highest BCUT2D eigenvalue weighted by molar-refractivity contribution is 8.02. The Balaban J connectivity index is 2.49. The normalized spacial score (nSPS) is 20.3. The van der Waals surface area contributed by atoms with Crippen LogP contribution in [0.1, 0.15) is 0 Å². The Morgan fingerprint density at radius 1 is 1.40 bits per heavy atom. The first kappa shape index (κ1) is 6.05. The van der Waals surface area contributed by atoms with Crippen molar-refractivity contribution in [3.8, 4) is 0 Å². The van der Waals surface area contributed by atoms with Gasteiger partial charge in [0.15, 0.2) is 0 Å². The third-order valence-corrected chi connectivity index (χ3v) is 2.44. The highest BCUT2D eigenvalue weighted by Gasteiger charge is 2.13. The van der Waals surface area contributed by atoms with E-state index in [0.29, 0.717) is 0 Å². The molecule has 0 aromatic rings. The molecular weight excluding hydrogens is 140 g/mol. The largest absolute Gasteiger partial charge is 0.129 e. The van der Waals surface area contributed by atoms with Crippen molar-refractivity contribution in [3.05, 3.63) is 46.4 Å². The van der Waals surface area contributed by atoms with Gasteiger partial charge in [0.05, 0.1) is 0 Å². The fourth-order valence-electron chi connectivity index (χ4n) is 1.15. The van der Waals surface area contributed by atoms with Crippen LogP contribution in [0.5, 0.6) is 0 Å². The quantitative estimate of drug-likeness (QED) is 0.549. The van der Waals surface area contributed by atoms with E-state index in [0.717, 1.165) is 0 Å². The van der Waals surface area contributed by atoms with E-state index in [1.165, 1.54) is 16.1 Å². The van der Waals surface area contributed by atoms with Crippen molar-refractivity contribution in [2.24, 2.45) is 0 Å². The lowest BCUT2D eigenvalue weighted by Gasteiger charge is -1.94. The molecule has 0 amide bonds. The molecule has 0 saturated heterocycles. The highest BCUT2D eigenvalue weighted by Crippen LogP contribution is 2.33. The molecule has 0 heterocycles. The summed E-state index contributed by atoms with van der Waals surface area (Å²) < 4.78 is 0. The summed E-state index contributed by atoms with van der Waals surface area (Å²) in [6, 6.07) is 0. The first-order valence-corrected chi connectivity index (χ1v) is 4.41. The van der Waals surface area contributed by atoms with Crippen LogP contribution >= 0.6 is 11.8 Å². The van der Waals surface area contributed by atoms with E-state index >= 15 is 0 Å². The van der Waals surface area contributed by atoms with Crippen molar-refractivity contribution in [2.75, 3.05) is 6.26 Å². The monoisotopic (exact) mass is 147 g/mol. The molecule has 0 spiro atoms. The van der Waals surface area contributed by atoms with Crippen molar-refractivity contribution < 1.29 is 0 Å². The van der Waals surface area contributed by atoms with Crippen molar-refractivity contribution in [3.63, 3.8) is 0 Å². The van der Waals surface area contributed by atoms with Crippen molar-refractivity contribution in [2.45, 2.75) is 0 Å². The molecule has 0 aromatic heterocycles. The summed E-state index contributed by atoms with van der Waals surface area (Å²) >= 11 is 1.78. The number of fused-ring (bicyclic) bond motifs is 1.